The number of hydrogen-bond acceptors (Lipinski definition) is 9. The molecule has 0 aliphatic heterocycles. The van der Waals surface area contributed by atoms with E-state index in [9.17, 15) is 29.7 Å². The Morgan fingerprint density at radius 3 is 2.00 bits per heavy atom. The van der Waals surface area contributed by atoms with Gasteiger partial charge in [0.1, 0.15) is 18.3 Å². The molecule has 0 radical (unpaired) electrons. The molecule has 24 heavy (non-hydrogen) atoms. The Balaban J connectivity index is 5.00. The number of aliphatic hydroxyl groups is 5. The maximum absolute atomic E-state index is 11.8. The van der Waals surface area contributed by atoms with Gasteiger partial charge in [0.25, 0.3) is 0 Å². The van der Waals surface area contributed by atoms with Crippen molar-refractivity contribution in [3.05, 3.63) is 11.6 Å². The molecule has 0 aliphatic carbocycles. The number of esters is 2. The van der Waals surface area contributed by atoms with E-state index in [1.165, 1.54) is 6.08 Å². The van der Waals surface area contributed by atoms with E-state index < -0.39 is 55.4 Å². The number of carbonyl (C=O) groups excluding carboxylic acids is 2. The summed E-state index contributed by atoms with van der Waals surface area (Å²) in [6.45, 7) is 2.36. The molecule has 0 aromatic heterocycles. The molecule has 0 unspecified atom stereocenters. The molecule has 10 heteroatoms. The Morgan fingerprint density at radius 1 is 1.04 bits per heavy atom. The number of allylic oxidation sites excluding steroid dienone is 1. The molecule has 4 atom stereocenters. The standard InChI is InChI=1S/C14H22O10/c1-6(2)3-7(4-9(17)18)13(22)24-14(23)12(21)11(20)10(19)8(16)5-15/h3,6,8,10-12,15-16,19-21H,4-5H2,1-2H3,(H,17,18)/t8-,10-,11+,12-/m1/s1. The Morgan fingerprint density at radius 2 is 1.58 bits per heavy atom. The van der Waals surface area contributed by atoms with Gasteiger partial charge in [0, 0.05) is 5.57 Å². The van der Waals surface area contributed by atoms with Crippen LogP contribution in [0.4, 0.5) is 0 Å². The SMILES string of the molecule is CC(C)C=C(CC(=O)O)C(=O)OC(=O)[C@H](O)[C@@H](O)[C@H](O)[C@H](O)CO. The largest absolute Gasteiger partial charge is 0.481 e. The number of rotatable bonds is 9. The minimum Gasteiger partial charge on any atom is -0.481 e. The number of hydrogen-bond donors (Lipinski definition) is 6. The third-order valence-electron chi connectivity index (χ3n) is 2.83. The second kappa shape index (κ2) is 10.1. The summed E-state index contributed by atoms with van der Waals surface area (Å²) in [4.78, 5) is 34.1. The third kappa shape index (κ3) is 7.15. The Kier molecular flexibility index (Phi) is 9.33. The number of carbonyl (C=O) groups is 3. The van der Waals surface area contributed by atoms with Crippen molar-refractivity contribution in [1.29, 1.82) is 0 Å². The van der Waals surface area contributed by atoms with E-state index in [4.69, 9.17) is 15.3 Å². The fourth-order valence-corrected chi connectivity index (χ4v) is 1.64. The van der Waals surface area contributed by atoms with Crippen LogP contribution in [0.1, 0.15) is 20.3 Å². The lowest BCUT2D eigenvalue weighted by Gasteiger charge is -2.24. The van der Waals surface area contributed by atoms with Crippen molar-refractivity contribution >= 4 is 17.9 Å². The van der Waals surface area contributed by atoms with E-state index >= 15 is 0 Å². The van der Waals surface area contributed by atoms with Crippen molar-refractivity contribution in [3.63, 3.8) is 0 Å². The van der Waals surface area contributed by atoms with Gasteiger partial charge in [-0.05, 0) is 5.92 Å². The minimum absolute atomic E-state index is 0.223. The molecular formula is C14H22O10. The molecule has 0 amide bonds. The summed E-state index contributed by atoms with van der Waals surface area (Å²) in [5, 5.41) is 54.9. The maximum atomic E-state index is 11.8. The van der Waals surface area contributed by atoms with Gasteiger partial charge in [0.05, 0.1) is 13.0 Å². The van der Waals surface area contributed by atoms with Gasteiger partial charge in [-0.3, -0.25) is 4.79 Å². The average Bonchev–Trinajstić information content (AvgIpc) is 2.50. The average molecular weight is 350 g/mol. The van der Waals surface area contributed by atoms with Gasteiger partial charge in [-0.25, -0.2) is 9.59 Å². The summed E-state index contributed by atoms with van der Waals surface area (Å²) in [6, 6.07) is 0. The van der Waals surface area contributed by atoms with E-state index in [0.29, 0.717) is 0 Å². The zero-order chi connectivity index (χ0) is 19.0. The van der Waals surface area contributed by atoms with Gasteiger partial charge in [-0.15, -0.1) is 0 Å². The van der Waals surface area contributed by atoms with Crippen LogP contribution >= 0.6 is 0 Å². The predicted octanol–water partition coefficient (Wildman–Crippen LogP) is -2.45. The van der Waals surface area contributed by atoms with Crippen molar-refractivity contribution in [2.45, 2.75) is 44.7 Å². The number of ether oxygens (including phenoxy) is 1. The molecule has 0 rings (SSSR count). The van der Waals surface area contributed by atoms with E-state index in [0.717, 1.165) is 0 Å². The van der Waals surface area contributed by atoms with E-state index in [-0.39, 0.29) is 11.5 Å². The molecule has 0 aliphatic rings. The van der Waals surface area contributed by atoms with Gasteiger partial charge in [-0.1, -0.05) is 19.9 Å². The lowest BCUT2D eigenvalue weighted by Crippen LogP contribution is -2.49. The third-order valence-corrected chi connectivity index (χ3v) is 2.83. The summed E-state index contributed by atoms with van der Waals surface area (Å²) in [6.07, 6.45) is -7.98. The van der Waals surface area contributed by atoms with Crippen molar-refractivity contribution in [2.75, 3.05) is 6.61 Å². The van der Waals surface area contributed by atoms with Crippen molar-refractivity contribution in [3.8, 4) is 0 Å². The highest BCUT2D eigenvalue weighted by Gasteiger charge is 2.36. The monoisotopic (exact) mass is 350 g/mol. The molecule has 0 fully saturated rings. The van der Waals surface area contributed by atoms with Crippen LogP contribution in [0, 0.1) is 5.92 Å². The molecule has 0 saturated carbocycles. The van der Waals surface area contributed by atoms with Gasteiger partial charge in [0.15, 0.2) is 6.10 Å². The zero-order valence-corrected chi connectivity index (χ0v) is 13.2. The summed E-state index contributed by atoms with van der Waals surface area (Å²) >= 11 is 0. The summed E-state index contributed by atoms with van der Waals surface area (Å²) in [5.74, 6) is -4.52. The Labute approximate surface area is 137 Å². The summed E-state index contributed by atoms with van der Waals surface area (Å²) < 4.78 is 4.29. The second-order valence-electron chi connectivity index (χ2n) is 5.39. The van der Waals surface area contributed by atoms with Crippen LogP contribution in [0.5, 0.6) is 0 Å². The molecule has 0 spiro atoms. The first-order valence-electron chi connectivity index (χ1n) is 7.02. The number of carboxylic acids is 1. The fraction of sp³-hybridized carbons (Fsp3) is 0.643. The Bertz CT molecular complexity index is 484. The van der Waals surface area contributed by atoms with Crippen LogP contribution in [-0.4, -0.2) is 79.6 Å². The van der Waals surface area contributed by atoms with Crippen molar-refractivity contribution in [1.82, 2.24) is 0 Å². The van der Waals surface area contributed by atoms with Crippen LogP contribution in [0.2, 0.25) is 0 Å². The number of aliphatic carboxylic acids is 1. The predicted molar refractivity (Wildman–Crippen MR) is 77.4 cm³/mol. The first-order valence-corrected chi connectivity index (χ1v) is 7.02. The van der Waals surface area contributed by atoms with Gasteiger partial charge >= 0.3 is 17.9 Å². The van der Waals surface area contributed by atoms with Crippen LogP contribution < -0.4 is 0 Å². The van der Waals surface area contributed by atoms with Crippen LogP contribution in [0.25, 0.3) is 0 Å². The normalized spacial score (nSPS) is 17.1. The summed E-state index contributed by atoms with van der Waals surface area (Å²) in [7, 11) is 0. The van der Waals surface area contributed by atoms with Crippen molar-refractivity contribution in [2.24, 2.45) is 5.92 Å². The zero-order valence-electron chi connectivity index (χ0n) is 13.2. The highest BCUT2D eigenvalue weighted by atomic mass is 16.6. The fourth-order valence-electron chi connectivity index (χ4n) is 1.64. The Hall–Kier alpha value is -1.85. The molecule has 0 aromatic rings. The molecule has 0 heterocycles. The number of aliphatic hydroxyl groups excluding tert-OH is 5. The van der Waals surface area contributed by atoms with Gasteiger partial charge in [0.2, 0.25) is 0 Å². The maximum Gasteiger partial charge on any atom is 0.345 e. The van der Waals surface area contributed by atoms with Crippen LogP contribution in [0.15, 0.2) is 11.6 Å². The lowest BCUT2D eigenvalue weighted by molar-refractivity contribution is -0.175. The molecule has 138 valence electrons. The highest BCUT2D eigenvalue weighted by molar-refractivity contribution is 6.00. The van der Waals surface area contributed by atoms with E-state index in [1.807, 2.05) is 0 Å². The lowest BCUT2D eigenvalue weighted by atomic mass is 10.0. The topological polar surface area (TPSA) is 182 Å². The minimum atomic E-state index is -2.39. The molecule has 6 N–H and O–H groups in total. The van der Waals surface area contributed by atoms with Crippen molar-refractivity contribution < 1.29 is 49.8 Å². The molecule has 0 aromatic carbocycles. The van der Waals surface area contributed by atoms with E-state index in [2.05, 4.69) is 4.74 Å². The molecule has 0 bridgehead atoms. The van der Waals surface area contributed by atoms with Crippen LogP contribution in [-0.2, 0) is 19.1 Å². The molecule has 0 saturated heterocycles. The summed E-state index contributed by atoms with van der Waals surface area (Å²) in [5.41, 5.74) is -0.330. The molecular weight excluding hydrogens is 328 g/mol. The molecule has 10 nitrogen and oxygen atoms in total. The second-order valence-corrected chi connectivity index (χ2v) is 5.39. The first kappa shape index (κ1) is 22.1. The van der Waals surface area contributed by atoms with E-state index in [1.54, 1.807) is 13.8 Å². The van der Waals surface area contributed by atoms with Crippen LogP contribution in [0.3, 0.4) is 0 Å². The first-order chi connectivity index (χ1) is 11.0. The van der Waals surface area contributed by atoms with Gasteiger partial charge in [-0.2, -0.15) is 0 Å². The van der Waals surface area contributed by atoms with Gasteiger partial charge < -0.3 is 35.4 Å². The highest BCUT2D eigenvalue weighted by Crippen LogP contribution is 2.12. The quantitative estimate of drug-likeness (QED) is 0.148. The smallest absolute Gasteiger partial charge is 0.345 e. The number of carboxylic acid groups (broad SMARTS) is 1.